The number of ether oxygens (including phenoxy) is 1. The fourth-order valence-corrected chi connectivity index (χ4v) is 2.47. The van der Waals surface area contributed by atoms with Crippen LogP contribution in [0.4, 0.5) is 5.82 Å². The van der Waals surface area contributed by atoms with Crippen molar-refractivity contribution in [3.8, 4) is 0 Å². The molecular formula is C12H18N4O3. The van der Waals surface area contributed by atoms with Crippen LogP contribution in [0.1, 0.15) is 35.2 Å². The Balaban J connectivity index is 2.33. The summed E-state index contributed by atoms with van der Waals surface area (Å²) in [4.78, 5) is 28.9. The van der Waals surface area contributed by atoms with Crippen LogP contribution in [0, 0.1) is 6.92 Å². The Labute approximate surface area is 111 Å². The summed E-state index contributed by atoms with van der Waals surface area (Å²) in [6.45, 7) is 2.36. The number of anilines is 1. The van der Waals surface area contributed by atoms with Crippen molar-refractivity contribution in [1.29, 1.82) is 0 Å². The fourth-order valence-electron chi connectivity index (χ4n) is 2.47. The number of imidazole rings is 1. The highest BCUT2D eigenvalue weighted by atomic mass is 16.5. The summed E-state index contributed by atoms with van der Waals surface area (Å²) in [6, 6.07) is 0.0496. The third-order valence-electron chi connectivity index (χ3n) is 3.47. The molecule has 104 valence electrons. The predicted octanol–water partition coefficient (Wildman–Crippen LogP) is 0.354. The lowest BCUT2D eigenvalue weighted by molar-refractivity contribution is -0.132. The van der Waals surface area contributed by atoms with Gasteiger partial charge in [-0.15, -0.1) is 0 Å². The van der Waals surface area contributed by atoms with Crippen molar-refractivity contribution < 1.29 is 14.3 Å². The van der Waals surface area contributed by atoms with E-state index in [0.29, 0.717) is 31.0 Å². The van der Waals surface area contributed by atoms with Crippen LogP contribution >= 0.6 is 0 Å². The number of nitrogens with zero attached hydrogens (tertiary/aromatic N) is 3. The zero-order chi connectivity index (χ0) is 14.2. The van der Waals surface area contributed by atoms with Gasteiger partial charge in [0.15, 0.2) is 5.69 Å². The molecule has 1 amide bonds. The number of likely N-dealkylation sites (tertiary alicyclic amines) is 1. The van der Waals surface area contributed by atoms with E-state index in [2.05, 4.69) is 9.72 Å². The van der Waals surface area contributed by atoms with Gasteiger partial charge in [-0.25, -0.2) is 9.78 Å². The molecule has 1 aliphatic heterocycles. The zero-order valence-corrected chi connectivity index (χ0v) is 11.3. The Kier molecular flexibility index (Phi) is 3.46. The molecule has 0 aliphatic carbocycles. The van der Waals surface area contributed by atoms with Gasteiger partial charge in [-0.2, -0.15) is 0 Å². The van der Waals surface area contributed by atoms with Gasteiger partial charge in [0, 0.05) is 20.0 Å². The highest BCUT2D eigenvalue weighted by Crippen LogP contribution is 2.27. The lowest BCUT2D eigenvalue weighted by Crippen LogP contribution is -2.38. The molecule has 7 heteroatoms. The monoisotopic (exact) mass is 266 g/mol. The molecule has 1 aromatic rings. The van der Waals surface area contributed by atoms with Crippen LogP contribution in [0.15, 0.2) is 0 Å². The number of nitrogen functional groups attached to an aromatic ring is 1. The number of nitrogens with two attached hydrogens (primary N) is 1. The van der Waals surface area contributed by atoms with Crippen molar-refractivity contribution in [2.45, 2.75) is 25.8 Å². The molecule has 1 unspecified atom stereocenters. The van der Waals surface area contributed by atoms with Gasteiger partial charge in [0.2, 0.25) is 5.91 Å². The van der Waals surface area contributed by atoms with Crippen molar-refractivity contribution in [3.05, 3.63) is 11.5 Å². The number of amides is 1. The second-order valence-corrected chi connectivity index (χ2v) is 4.72. The van der Waals surface area contributed by atoms with Gasteiger partial charge in [-0.1, -0.05) is 0 Å². The van der Waals surface area contributed by atoms with E-state index < -0.39 is 5.97 Å². The number of aryl methyl sites for hydroxylation is 1. The maximum atomic E-state index is 11.6. The Morgan fingerprint density at radius 3 is 2.79 bits per heavy atom. The van der Waals surface area contributed by atoms with Crippen LogP contribution in [-0.2, 0) is 9.53 Å². The molecule has 19 heavy (non-hydrogen) atoms. The summed E-state index contributed by atoms with van der Waals surface area (Å²) < 4.78 is 6.47. The van der Waals surface area contributed by atoms with Gasteiger partial charge in [-0.05, 0) is 13.3 Å². The normalized spacial score (nSPS) is 19.6. The average Bonchev–Trinajstić information content (AvgIpc) is 2.68. The molecule has 0 aromatic carbocycles. The number of likely N-dealkylation sites (N-methyl/N-ethyl adjacent to an activating group) is 1. The summed E-state index contributed by atoms with van der Waals surface area (Å²) in [5.74, 6) is 0.545. The van der Waals surface area contributed by atoms with E-state index in [0.717, 1.165) is 0 Å². The fraction of sp³-hybridized carbons (Fsp3) is 0.583. The summed E-state index contributed by atoms with van der Waals surface area (Å²) in [5.41, 5.74) is 6.13. The maximum Gasteiger partial charge on any atom is 0.360 e. The summed E-state index contributed by atoms with van der Waals surface area (Å²) >= 11 is 0. The van der Waals surface area contributed by atoms with Gasteiger partial charge in [0.1, 0.15) is 11.6 Å². The minimum atomic E-state index is -0.542. The number of hydrogen-bond acceptors (Lipinski definition) is 5. The molecule has 7 nitrogen and oxygen atoms in total. The summed E-state index contributed by atoms with van der Waals surface area (Å²) in [7, 11) is 3.06. The first-order chi connectivity index (χ1) is 8.95. The average molecular weight is 266 g/mol. The van der Waals surface area contributed by atoms with Gasteiger partial charge in [0.25, 0.3) is 0 Å². The van der Waals surface area contributed by atoms with E-state index in [1.807, 2.05) is 4.57 Å². The molecule has 2 N–H and O–H groups in total. The predicted molar refractivity (Wildman–Crippen MR) is 68.6 cm³/mol. The zero-order valence-electron chi connectivity index (χ0n) is 11.3. The molecule has 1 atom stereocenters. The van der Waals surface area contributed by atoms with Crippen LogP contribution in [0.5, 0.6) is 0 Å². The number of carbonyl (C=O) groups is 2. The van der Waals surface area contributed by atoms with Gasteiger partial charge < -0.3 is 19.9 Å². The number of methoxy groups -OCH3 is 1. The second-order valence-electron chi connectivity index (χ2n) is 4.72. The van der Waals surface area contributed by atoms with Crippen LogP contribution in [0.3, 0.4) is 0 Å². The molecule has 0 radical (unpaired) electrons. The first-order valence-electron chi connectivity index (χ1n) is 6.12. The maximum absolute atomic E-state index is 11.6. The van der Waals surface area contributed by atoms with Crippen molar-refractivity contribution in [2.75, 3.05) is 26.4 Å². The van der Waals surface area contributed by atoms with Crippen molar-refractivity contribution >= 4 is 17.7 Å². The van der Waals surface area contributed by atoms with E-state index in [-0.39, 0.29) is 17.6 Å². The van der Waals surface area contributed by atoms with Gasteiger partial charge in [-0.3, -0.25) is 4.79 Å². The molecule has 0 saturated carbocycles. The Morgan fingerprint density at radius 1 is 1.53 bits per heavy atom. The number of piperidine rings is 1. The standard InChI is InChI=1S/C12H18N4O3/c1-7-14-10(12(18)19-3)11(13)16(7)8-4-5-9(17)15(2)6-8/h8H,4-6,13H2,1-3H3. The van der Waals surface area contributed by atoms with Crippen LogP contribution in [0.25, 0.3) is 0 Å². The topological polar surface area (TPSA) is 90.4 Å². The number of esters is 1. The van der Waals surface area contributed by atoms with Gasteiger partial charge >= 0.3 is 5.97 Å². The number of aromatic nitrogens is 2. The molecule has 0 bridgehead atoms. The van der Waals surface area contributed by atoms with Crippen molar-refractivity contribution in [3.63, 3.8) is 0 Å². The molecular weight excluding hydrogens is 248 g/mol. The SMILES string of the molecule is COC(=O)c1nc(C)n(C2CCC(=O)N(C)C2)c1N. The first kappa shape index (κ1) is 13.4. The number of hydrogen-bond donors (Lipinski definition) is 1. The van der Waals surface area contributed by atoms with Crippen LogP contribution < -0.4 is 5.73 Å². The minimum absolute atomic E-state index is 0.0496. The molecule has 2 rings (SSSR count). The van der Waals surface area contributed by atoms with E-state index >= 15 is 0 Å². The van der Waals surface area contributed by atoms with Crippen molar-refractivity contribution in [1.82, 2.24) is 14.5 Å². The Bertz CT molecular complexity index is 523. The van der Waals surface area contributed by atoms with Crippen LogP contribution in [-0.4, -0.2) is 47.0 Å². The first-order valence-corrected chi connectivity index (χ1v) is 6.12. The number of rotatable bonds is 2. The van der Waals surface area contributed by atoms with E-state index in [1.165, 1.54) is 7.11 Å². The summed E-state index contributed by atoms with van der Waals surface area (Å²) in [6.07, 6.45) is 1.18. The molecule has 1 aliphatic rings. The third-order valence-corrected chi connectivity index (χ3v) is 3.47. The smallest absolute Gasteiger partial charge is 0.360 e. The highest BCUT2D eigenvalue weighted by molar-refractivity contribution is 5.92. The Morgan fingerprint density at radius 2 is 2.21 bits per heavy atom. The largest absolute Gasteiger partial charge is 0.464 e. The third kappa shape index (κ3) is 2.27. The van der Waals surface area contributed by atoms with Crippen molar-refractivity contribution in [2.24, 2.45) is 0 Å². The van der Waals surface area contributed by atoms with Crippen LogP contribution in [0.2, 0.25) is 0 Å². The molecule has 1 fully saturated rings. The lowest BCUT2D eigenvalue weighted by Gasteiger charge is -2.31. The van der Waals surface area contributed by atoms with Gasteiger partial charge in [0.05, 0.1) is 13.2 Å². The van der Waals surface area contributed by atoms with E-state index in [9.17, 15) is 9.59 Å². The molecule has 0 spiro atoms. The second kappa shape index (κ2) is 4.91. The van der Waals surface area contributed by atoms with E-state index in [1.54, 1.807) is 18.9 Å². The minimum Gasteiger partial charge on any atom is -0.464 e. The Hall–Kier alpha value is -2.05. The highest BCUT2D eigenvalue weighted by Gasteiger charge is 2.29. The summed E-state index contributed by atoms with van der Waals surface area (Å²) in [5, 5.41) is 0. The molecule has 2 heterocycles. The quantitative estimate of drug-likeness (QED) is 0.780. The number of carbonyl (C=O) groups excluding carboxylic acids is 2. The van der Waals surface area contributed by atoms with E-state index in [4.69, 9.17) is 5.73 Å². The lowest BCUT2D eigenvalue weighted by atomic mass is 10.1. The molecule has 1 saturated heterocycles. The molecule has 1 aromatic heterocycles.